The third-order valence-corrected chi connectivity index (χ3v) is 13.3. The van der Waals surface area contributed by atoms with Crippen molar-refractivity contribution in [3.8, 4) is 0 Å². The Labute approximate surface area is 320 Å². The van der Waals surface area contributed by atoms with E-state index in [-0.39, 0.29) is 37.1 Å². The second-order valence-corrected chi connectivity index (χ2v) is 17.0. The normalized spacial score (nSPS) is 20.6. The van der Waals surface area contributed by atoms with Gasteiger partial charge in [-0.2, -0.15) is 0 Å². The summed E-state index contributed by atoms with van der Waals surface area (Å²) in [7, 11) is -6.71. The first kappa shape index (κ1) is 41.6. The molecule has 3 aliphatic carbocycles. The zero-order chi connectivity index (χ0) is 35.1. The fourth-order valence-corrected chi connectivity index (χ4v) is 11.0. The predicted molar refractivity (Wildman–Crippen MR) is 195 cm³/mol. The molecule has 0 N–H and O–H groups in total. The van der Waals surface area contributed by atoms with E-state index in [1.807, 2.05) is 0 Å². The van der Waals surface area contributed by atoms with E-state index in [2.05, 4.69) is 146 Å². The van der Waals surface area contributed by atoms with E-state index in [0.717, 1.165) is 12.8 Å². The van der Waals surface area contributed by atoms with Gasteiger partial charge in [0, 0.05) is 46.1 Å². The van der Waals surface area contributed by atoms with Gasteiger partial charge in [-0.25, -0.2) is 18.6 Å². The van der Waals surface area contributed by atoms with Crippen LogP contribution in [0.4, 0.5) is 0 Å². The molecule has 0 amide bonds. The zero-order valence-electron chi connectivity index (χ0n) is 28.6. The molecule has 0 unspecified atom stereocenters. The van der Waals surface area contributed by atoms with Crippen molar-refractivity contribution in [2.24, 2.45) is 5.41 Å². The van der Waals surface area contributed by atoms with Crippen LogP contribution in [-0.2, 0) is 28.5 Å². The van der Waals surface area contributed by atoms with Gasteiger partial charge in [-0.15, -0.1) is 10.2 Å². The van der Waals surface area contributed by atoms with Crippen LogP contribution in [0.2, 0.25) is 0 Å². The maximum Gasteiger partial charge on any atom is 0.0921 e. The summed E-state index contributed by atoms with van der Waals surface area (Å²) in [4.78, 5) is 0. The van der Waals surface area contributed by atoms with Crippen molar-refractivity contribution >= 4 is 37.5 Å². The van der Waals surface area contributed by atoms with E-state index in [4.69, 9.17) is 27.7 Å². The summed E-state index contributed by atoms with van der Waals surface area (Å²) in [5, 5.41) is 5.16. The third kappa shape index (κ3) is 13.1. The molecule has 7 rings (SSSR count). The molecule has 51 heavy (non-hydrogen) atoms. The molecule has 2 atom stereocenters. The van der Waals surface area contributed by atoms with Gasteiger partial charge in [-0.05, 0) is 51.4 Å². The standard InChI is InChI=1S/C33H34O2P2.C8H12.ClHO4.Rh/c1-5-15-27(16-6-1)36(28-17-7-2-8-18-28)34-31-23-13-25-33(31)26-14-24-32(33)35-37(29-19-9-3-10-20-29)30-21-11-4-12-22-30;1-2-4-6-8-7-5-3-1;2-1(3,4)5;/h1-12,15-22,31-32H,13-14,23-26H2;1-2,7-8H,3-6H2;(H,2,3,4,5);/p-1/b;2-1-,8-7-;;/t31-,32-,33?;;;/m1.../s1. The molecule has 0 bridgehead atoms. The predicted octanol–water partition coefficient (Wildman–Crippen LogP) is 5.12. The molecule has 273 valence electrons. The number of hydrogen-bond acceptors (Lipinski definition) is 6. The SMILES string of the molecule is C1=C\CC/C=C\CC/1.[O-][Cl+3]([O-])([O-])[O-].[Rh].c1ccc(P(O[C@@H]2CCCC23CCC[C@H]3OP(c2ccccc2)c2ccccc2)c2ccccc2)cc1. The average Bonchev–Trinajstić information content (AvgIpc) is 3.72. The topological polar surface area (TPSA) is 111 Å². The Bertz CT molecular complexity index is 1380. The molecule has 2 fully saturated rings. The minimum absolute atomic E-state index is 0. The van der Waals surface area contributed by atoms with Crippen LogP contribution >= 0.6 is 16.3 Å². The van der Waals surface area contributed by atoms with Crippen molar-refractivity contribution in [1.29, 1.82) is 0 Å². The molecule has 4 aromatic rings. The molecule has 0 aliphatic heterocycles. The summed E-state index contributed by atoms with van der Waals surface area (Å²) >= 11 is 0. The fraction of sp³-hybridized carbons (Fsp3) is 0.317. The summed E-state index contributed by atoms with van der Waals surface area (Å²) in [5.41, 5.74) is 0.0916. The molecular weight excluding hydrogens is 789 g/mol. The smallest absolute Gasteiger partial charge is 0.0921 e. The molecule has 4 aromatic carbocycles. The van der Waals surface area contributed by atoms with E-state index < -0.39 is 26.5 Å². The van der Waals surface area contributed by atoms with Crippen LogP contribution < -0.4 is 39.9 Å². The molecule has 0 aromatic heterocycles. The Hall–Kier alpha value is -2.11. The van der Waals surface area contributed by atoms with Crippen LogP contribution in [0, 0.1) is 15.7 Å². The molecule has 10 heteroatoms. The van der Waals surface area contributed by atoms with Gasteiger partial charge in [0.25, 0.3) is 0 Å². The van der Waals surface area contributed by atoms with Crippen LogP contribution in [-0.4, -0.2) is 12.2 Å². The Morgan fingerprint density at radius 1 is 0.471 bits per heavy atom. The Balaban J connectivity index is 0.000000353. The van der Waals surface area contributed by atoms with Gasteiger partial charge in [0.2, 0.25) is 0 Å². The molecule has 0 heterocycles. The molecule has 1 spiro atoms. The summed E-state index contributed by atoms with van der Waals surface area (Å²) in [5.74, 6) is 0. The first-order valence-corrected chi connectivity index (χ1v) is 21.1. The molecule has 6 nitrogen and oxygen atoms in total. The van der Waals surface area contributed by atoms with Gasteiger partial charge in [-0.1, -0.05) is 158 Å². The van der Waals surface area contributed by atoms with Crippen molar-refractivity contribution in [2.45, 2.75) is 76.4 Å². The van der Waals surface area contributed by atoms with Gasteiger partial charge in [0.05, 0.1) is 28.5 Å². The second-order valence-electron chi connectivity index (χ2n) is 12.6. The molecule has 2 saturated carbocycles. The second kappa shape index (κ2) is 21.6. The minimum atomic E-state index is -4.94. The number of hydrogen-bond donors (Lipinski definition) is 0. The molecular formula is C41H46ClO6P2Rh-. The van der Waals surface area contributed by atoms with E-state index >= 15 is 0 Å². The largest absolute Gasteiger partial charge is 0.346 e. The van der Waals surface area contributed by atoms with Crippen molar-refractivity contribution < 1.29 is 57.4 Å². The van der Waals surface area contributed by atoms with Crippen molar-refractivity contribution in [1.82, 2.24) is 0 Å². The van der Waals surface area contributed by atoms with Gasteiger partial charge in [-0.3, -0.25) is 0 Å². The summed E-state index contributed by atoms with van der Waals surface area (Å²) in [6.45, 7) is 0. The van der Waals surface area contributed by atoms with Crippen LogP contribution in [0.5, 0.6) is 0 Å². The summed E-state index contributed by atoms with van der Waals surface area (Å²) in [6.07, 6.45) is 21.5. The van der Waals surface area contributed by atoms with Crippen LogP contribution in [0.15, 0.2) is 146 Å². The van der Waals surface area contributed by atoms with Gasteiger partial charge >= 0.3 is 0 Å². The average molecular weight is 835 g/mol. The van der Waals surface area contributed by atoms with Crippen LogP contribution in [0.1, 0.15) is 64.2 Å². The summed E-state index contributed by atoms with van der Waals surface area (Å²) in [6, 6.07) is 43.3. The van der Waals surface area contributed by atoms with Crippen molar-refractivity contribution in [3.63, 3.8) is 0 Å². The number of halogens is 1. The van der Waals surface area contributed by atoms with Crippen LogP contribution in [0.3, 0.4) is 0 Å². The monoisotopic (exact) mass is 834 g/mol. The fourth-order valence-electron chi connectivity index (χ4n) is 7.01. The Morgan fingerprint density at radius 2 is 0.725 bits per heavy atom. The summed E-state index contributed by atoms with van der Waals surface area (Å²) < 4.78 is 48.4. The zero-order valence-corrected chi connectivity index (χ0v) is 32.8. The van der Waals surface area contributed by atoms with Crippen LogP contribution in [0.25, 0.3) is 0 Å². The third-order valence-electron chi connectivity index (χ3n) is 9.26. The van der Waals surface area contributed by atoms with E-state index in [1.54, 1.807) is 0 Å². The molecule has 1 radical (unpaired) electrons. The molecule has 3 aliphatic rings. The molecule has 0 saturated heterocycles. The van der Waals surface area contributed by atoms with Gasteiger partial charge in [0.1, 0.15) is 0 Å². The van der Waals surface area contributed by atoms with Crippen molar-refractivity contribution in [3.05, 3.63) is 146 Å². The van der Waals surface area contributed by atoms with E-state index in [0.29, 0.717) is 0 Å². The Morgan fingerprint density at radius 3 is 0.980 bits per heavy atom. The number of benzene rings is 4. The van der Waals surface area contributed by atoms with E-state index in [1.165, 1.54) is 72.6 Å². The van der Waals surface area contributed by atoms with E-state index in [9.17, 15) is 0 Å². The maximum atomic E-state index is 8.49. The quantitative estimate of drug-likeness (QED) is 0.139. The van der Waals surface area contributed by atoms with Gasteiger partial charge < -0.3 is 9.05 Å². The number of rotatable bonds is 8. The number of allylic oxidation sites excluding steroid dienone is 4. The maximum absolute atomic E-state index is 8.49. The van der Waals surface area contributed by atoms with Gasteiger partial charge in [0.15, 0.2) is 0 Å². The van der Waals surface area contributed by atoms with Crippen molar-refractivity contribution in [2.75, 3.05) is 0 Å². The Kier molecular flexibility index (Phi) is 17.6. The first-order valence-electron chi connectivity index (χ1n) is 17.4. The first-order chi connectivity index (χ1) is 24.3. The minimum Gasteiger partial charge on any atom is -0.346 e.